The van der Waals surface area contributed by atoms with Crippen LogP contribution >= 0.6 is 0 Å². The molecule has 17 heavy (non-hydrogen) atoms. The van der Waals surface area contributed by atoms with Crippen LogP contribution in [0.15, 0.2) is 12.4 Å². The van der Waals surface area contributed by atoms with Crippen LogP contribution in [0.4, 0.5) is 0 Å². The van der Waals surface area contributed by atoms with Gasteiger partial charge in [0.2, 0.25) is 0 Å². The molecule has 2 N–H and O–H groups in total. The maximum absolute atomic E-state index is 10.1. The summed E-state index contributed by atoms with van der Waals surface area (Å²) in [6, 6.07) is 0. The van der Waals surface area contributed by atoms with Crippen molar-refractivity contribution in [2.24, 2.45) is 0 Å². The fourth-order valence-electron chi connectivity index (χ4n) is 2.97. The molecule has 1 aromatic heterocycles. The van der Waals surface area contributed by atoms with E-state index in [2.05, 4.69) is 14.9 Å². The van der Waals surface area contributed by atoms with Gasteiger partial charge in [0.25, 0.3) is 0 Å². The van der Waals surface area contributed by atoms with Gasteiger partial charge in [-0.15, -0.1) is 0 Å². The molecule has 2 aliphatic rings. The van der Waals surface area contributed by atoms with Crippen molar-refractivity contribution in [1.29, 1.82) is 0 Å². The van der Waals surface area contributed by atoms with Gasteiger partial charge in [0, 0.05) is 32.1 Å². The summed E-state index contributed by atoms with van der Waals surface area (Å²) in [5, 5.41) is 10.1. The SMILES string of the molecule is O[C@H]1CCN(Cc2ncc[nH]2)C[C@@]12CCCO2. The molecular formula is C12H19N3O2. The second kappa shape index (κ2) is 4.40. The molecule has 2 fully saturated rings. The molecular weight excluding hydrogens is 218 g/mol. The number of aromatic nitrogens is 2. The Morgan fingerprint density at radius 1 is 1.65 bits per heavy atom. The number of H-pyrrole nitrogens is 1. The zero-order valence-electron chi connectivity index (χ0n) is 9.93. The third-order valence-corrected chi connectivity index (χ3v) is 3.88. The molecule has 1 spiro atoms. The highest BCUT2D eigenvalue weighted by molar-refractivity contribution is 4.99. The van der Waals surface area contributed by atoms with Gasteiger partial charge >= 0.3 is 0 Å². The Bertz CT molecular complexity index is 360. The molecule has 2 saturated heterocycles. The van der Waals surface area contributed by atoms with Gasteiger partial charge in [-0.2, -0.15) is 0 Å². The standard InChI is InChI=1S/C12H19N3O2/c16-10-2-6-15(8-11-13-4-5-14-11)9-12(10)3-1-7-17-12/h4-5,10,16H,1-3,6-9H2,(H,13,14)/t10-,12-/m0/s1. The zero-order valence-corrected chi connectivity index (χ0v) is 9.93. The lowest BCUT2D eigenvalue weighted by Crippen LogP contribution is -2.56. The summed E-state index contributed by atoms with van der Waals surface area (Å²) in [5.41, 5.74) is -0.315. The largest absolute Gasteiger partial charge is 0.390 e. The van der Waals surface area contributed by atoms with Crippen LogP contribution in [-0.2, 0) is 11.3 Å². The van der Waals surface area contributed by atoms with E-state index in [0.717, 1.165) is 51.3 Å². The van der Waals surface area contributed by atoms with Crippen molar-refractivity contribution in [2.45, 2.75) is 37.5 Å². The van der Waals surface area contributed by atoms with E-state index in [-0.39, 0.29) is 11.7 Å². The highest BCUT2D eigenvalue weighted by Crippen LogP contribution is 2.35. The Kier molecular flexibility index (Phi) is 2.90. The van der Waals surface area contributed by atoms with E-state index in [0.29, 0.717) is 0 Å². The lowest BCUT2D eigenvalue weighted by molar-refractivity contribution is -0.132. The second-order valence-electron chi connectivity index (χ2n) is 5.07. The molecule has 0 amide bonds. The molecule has 3 heterocycles. The zero-order chi connectivity index (χ0) is 11.7. The average molecular weight is 237 g/mol. The fraction of sp³-hybridized carbons (Fsp3) is 0.750. The monoisotopic (exact) mass is 237 g/mol. The van der Waals surface area contributed by atoms with Gasteiger partial charge in [-0.05, 0) is 19.3 Å². The first kappa shape index (κ1) is 11.2. The Morgan fingerprint density at radius 2 is 2.59 bits per heavy atom. The number of aliphatic hydroxyl groups is 1. The van der Waals surface area contributed by atoms with Gasteiger partial charge in [0.05, 0.1) is 12.6 Å². The number of nitrogens with zero attached hydrogens (tertiary/aromatic N) is 2. The molecule has 1 aromatic rings. The molecule has 0 aliphatic carbocycles. The number of aliphatic hydroxyl groups excluding tert-OH is 1. The molecule has 0 aromatic carbocycles. The quantitative estimate of drug-likeness (QED) is 0.787. The van der Waals surface area contributed by atoms with Crippen LogP contribution in [0.5, 0.6) is 0 Å². The first-order chi connectivity index (χ1) is 8.28. The van der Waals surface area contributed by atoms with Crippen molar-refractivity contribution in [1.82, 2.24) is 14.9 Å². The van der Waals surface area contributed by atoms with Crippen LogP contribution < -0.4 is 0 Å². The lowest BCUT2D eigenvalue weighted by Gasteiger charge is -2.42. The van der Waals surface area contributed by atoms with E-state index in [1.807, 2.05) is 6.20 Å². The molecule has 0 saturated carbocycles. The van der Waals surface area contributed by atoms with E-state index in [1.165, 1.54) is 0 Å². The number of ether oxygens (including phenoxy) is 1. The highest BCUT2D eigenvalue weighted by atomic mass is 16.5. The van der Waals surface area contributed by atoms with Crippen LogP contribution in [0.2, 0.25) is 0 Å². The first-order valence-electron chi connectivity index (χ1n) is 6.31. The second-order valence-corrected chi connectivity index (χ2v) is 5.07. The summed E-state index contributed by atoms with van der Waals surface area (Å²) in [7, 11) is 0. The van der Waals surface area contributed by atoms with E-state index in [9.17, 15) is 5.11 Å². The predicted molar refractivity (Wildman–Crippen MR) is 62.4 cm³/mol. The van der Waals surface area contributed by atoms with Crippen molar-refractivity contribution >= 4 is 0 Å². The molecule has 3 rings (SSSR count). The van der Waals surface area contributed by atoms with E-state index in [1.54, 1.807) is 6.20 Å². The molecule has 5 heteroatoms. The summed E-state index contributed by atoms with van der Waals surface area (Å²) in [5.74, 6) is 0.981. The van der Waals surface area contributed by atoms with Crippen molar-refractivity contribution in [3.63, 3.8) is 0 Å². The maximum atomic E-state index is 10.1. The summed E-state index contributed by atoms with van der Waals surface area (Å²) in [6.45, 7) is 3.32. The van der Waals surface area contributed by atoms with Crippen LogP contribution in [-0.4, -0.2) is 51.4 Å². The fourth-order valence-corrected chi connectivity index (χ4v) is 2.97. The van der Waals surface area contributed by atoms with E-state index in [4.69, 9.17) is 4.74 Å². The van der Waals surface area contributed by atoms with Crippen LogP contribution in [0, 0.1) is 0 Å². The Hall–Kier alpha value is -0.910. The van der Waals surface area contributed by atoms with Crippen molar-refractivity contribution in [3.8, 4) is 0 Å². The molecule has 2 atom stereocenters. The van der Waals surface area contributed by atoms with Crippen molar-refractivity contribution in [3.05, 3.63) is 18.2 Å². The summed E-state index contributed by atoms with van der Waals surface area (Å²) in [6.07, 6.45) is 6.14. The lowest BCUT2D eigenvalue weighted by atomic mass is 9.87. The maximum Gasteiger partial charge on any atom is 0.120 e. The molecule has 2 aliphatic heterocycles. The normalized spacial score (nSPS) is 34.5. The summed E-state index contributed by atoms with van der Waals surface area (Å²) < 4.78 is 5.82. The van der Waals surface area contributed by atoms with Gasteiger partial charge in [0.15, 0.2) is 0 Å². The van der Waals surface area contributed by atoms with E-state index >= 15 is 0 Å². The number of likely N-dealkylation sites (tertiary alicyclic amines) is 1. The summed E-state index contributed by atoms with van der Waals surface area (Å²) >= 11 is 0. The Morgan fingerprint density at radius 3 is 3.29 bits per heavy atom. The predicted octanol–water partition coefficient (Wildman–Crippen LogP) is 0.525. The third-order valence-electron chi connectivity index (χ3n) is 3.88. The number of nitrogens with one attached hydrogen (secondary N) is 1. The summed E-state index contributed by atoms with van der Waals surface area (Å²) in [4.78, 5) is 9.68. The average Bonchev–Trinajstić information content (AvgIpc) is 2.96. The van der Waals surface area contributed by atoms with Gasteiger partial charge in [0.1, 0.15) is 11.4 Å². The minimum atomic E-state index is -0.315. The number of rotatable bonds is 2. The Labute approximate surface area is 101 Å². The molecule has 94 valence electrons. The smallest absolute Gasteiger partial charge is 0.120 e. The minimum Gasteiger partial charge on any atom is -0.390 e. The minimum absolute atomic E-state index is 0.308. The molecule has 0 radical (unpaired) electrons. The number of hydrogen-bond acceptors (Lipinski definition) is 4. The third kappa shape index (κ3) is 2.10. The van der Waals surface area contributed by atoms with Gasteiger partial charge in [-0.25, -0.2) is 4.98 Å². The van der Waals surface area contributed by atoms with Gasteiger partial charge in [-0.1, -0.05) is 0 Å². The van der Waals surface area contributed by atoms with Crippen LogP contribution in [0.3, 0.4) is 0 Å². The molecule has 0 bridgehead atoms. The molecule has 0 unspecified atom stereocenters. The van der Waals surface area contributed by atoms with Crippen molar-refractivity contribution < 1.29 is 9.84 Å². The number of imidazole rings is 1. The first-order valence-corrected chi connectivity index (χ1v) is 6.31. The van der Waals surface area contributed by atoms with Gasteiger partial charge in [-0.3, -0.25) is 4.90 Å². The van der Waals surface area contributed by atoms with Crippen LogP contribution in [0.1, 0.15) is 25.1 Å². The van der Waals surface area contributed by atoms with Crippen molar-refractivity contribution in [2.75, 3.05) is 19.7 Å². The topological polar surface area (TPSA) is 61.4 Å². The number of hydrogen-bond donors (Lipinski definition) is 2. The van der Waals surface area contributed by atoms with Gasteiger partial charge < -0.3 is 14.8 Å². The number of piperidine rings is 1. The van der Waals surface area contributed by atoms with E-state index < -0.39 is 0 Å². The highest BCUT2D eigenvalue weighted by Gasteiger charge is 2.46. The number of aromatic amines is 1. The Balaban J connectivity index is 1.68. The molecule has 5 nitrogen and oxygen atoms in total. The van der Waals surface area contributed by atoms with Crippen LogP contribution in [0.25, 0.3) is 0 Å².